The number of nitrogens with one attached hydrogen (secondary N) is 1. The zero-order valence-corrected chi connectivity index (χ0v) is 11.3. The van der Waals surface area contributed by atoms with Gasteiger partial charge in [0.25, 0.3) is 0 Å². The van der Waals surface area contributed by atoms with E-state index in [2.05, 4.69) is 35.6 Å². The number of imidazole rings is 1. The van der Waals surface area contributed by atoms with Gasteiger partial charge in [-0.05, 0) is 38.0 Å². The van der Waals surface area contributed by atoms with Crippen molar-refractivity contribution in [1.82, 2.24) is 14.9 Å². The smallest absolute Gasteiger partial charge is 0.0946 e. The molecule has 0 saturated heterocycles. The first-order valence-corrected chi connectivity index (χ1v) is 6.77. The van der Waals surface area contributed by atoms with E-state index >= 15 is 0 Å². The van der Waals surface area contributed by atoms with Crippen molar-refractivity contribution in [2.24, 2.45) is 5.41 Å². The summed E-state index contributed by atoms with van der Waals surface area (Å²) in [4.78, 5) is 4.08. The van der Waals surface area contributed by atoms with Crippen LogP contribution in [0.2, 0.25) is 0 Å². The lowest BCUT2D eigenvalue weighted by Gasteiger charge is -2.36. The van der Waals surface area contributed by atoms with E-state index in [1.54, 1.807) is 0 Å². The maximum Gasteiger partial charge on any atom is 0.0946 e. The molecule has 17 heavy (non-hydrogen) atoms. The minimum atomic E-state index is 0.524. The molecule has 2 rings (SSSR count). The molecule has 1 heterocycles. The fourth-order valence-corrected chi connectivity index (χ4v) is 2.73. The maximum absolute atomic E-state index is 4.08. The Balaban J connectivity index is 1.74. The van der Waals surface area contributed by atoms with Gasteiger partial charge in [0.05, 0.1) is 6.33 Å². The molecule has 0 radical (unpaired) electrons. The first kappa shape index (κ1) is 12.6. The maximum atomic E-state index is 4.08. The second-order valence-corrected chi connectivity index (χ2v) is 6.27. The molecule has 1 aromatic rings. The van der Waals surface area contributed by atoms with Crippen molar-refractivity contribution in [1.29, 1.82) is 0 Å². The molecule has 96 valence electrons. The number of nitrogens with zero attached hydrogens (tertiary/aromatic N) is 2. The first-order chi connectivity index (χ1) is 8.05. The van der Waals surface area contributed by atoms with Crippen LogP contribution in [0.5, 0.6) is 0 Å². The number of rotatable bonds is 4. The third kappa shape index (κ3) is 3.84. The SMILES string of the molecule is CC(Cn1ccnc1)NC1CCC(C)(C)CC1. The van der Waals surface area contributed by atoms with E-state index in [1.165, 1.54) is 25.7 Å². The highest BCUT2D eigenvalue weighted by Crippen LogP contribution is 2.35. The van der Waals surface area contributed by atoms with Gasteiger partial charge < -0.3 is 9.88 Å². The lowest BCUT2D eigenvalue weighted by Crippen LogP contribution is -2.42. The third-order valence-electron chi connectivity index (χ3n) is 3.90. The predicted molar refractivity (Wildman–Crippen MR) is 70.9 cm³/mol. The van der Waals surface area contributed by atoms with E-state index in [0.29, 0.717) is 17.5 Å². The van der Waals surface area contributed by atoms with Gasteiger partial charge in [-0.3, -0.25) is 0 Å². The van der Waals surface area contributed by atoms with Gasteiger partial charge in [0.2, 0.25) is 0 Å². The van der Waals surface area contributed by atoms with Gasteiger partial charge in [0.15, 0.2) is 0 Å². The molecular formula is C14H25N3. The summed E-state index contributed by atoms with van der Waals surface area (Å²) in [5, 5.41) is 3.75. The zero-order valence-electron chi connectivity index (χ0n) is 11.3. The summed E-state index contributed by atoms with van der Waals surface area (Å²) < 4.78 is 2.14. The molecule has 0 aliphatic heterocycles. The standard InChI is InChI=1S/C14H25N3/c1-12(10-17-9-8-15-11-17)16-13-4-6-14(2,3)7-5-13/h8-9,11-13,16H,4-7,10H2,1-3H3. The van der Waals surface area contributed by atoms with Gasteiger partial charge in [0, 0.05) is 31.0 Å². The second-order valence-electron chi connectivity index (χ2n) is 6.27. The molecule has 0 aromatic carbocycles. The monoisotopic (exact) mass is 235 g/mol. The largest absolute Gasteiger partial charge is 0.336 e. The number of hydrogen-bond acceptors (Lipinski definition) is 2. The van der Waals surface area contributed by atoms with Gasteiger partial charge in [0.1, 0.15) is 0 Å². The topological polar surface area (TPSA) is 29.9 Å². The Hall–Kier alpha value is -0.830. The molecule has 0 amide bonds. The molecule has 0 spiro atoms. The molecule has 1 fully saturated rings. The molecule has 1 aliphatic carbocycles. The van der Waals surface area contributed by atoms with E-state index in [9.17, 15) is 0 Å². The first-order valence-electron chi connectivity index (χ1n) is 6.77. The highest BCUT2D eigenvalue weighted by atomic mass is 15.1. The van der Waals surface area contributed by atoms with Crippen LogP contribution >= 0.6 is 0 Å². The Morgan fingerprint density at radius 2 is 2.12 bits per heavy atom. The van der Waals surface area contributed by atoms with Crippen LogP contribution in [0.3, 0.4) is 0 Å². The van der Waals surface area contributed by atoms with Crippen molar-refractivity contribution in [2.45, 2.75) is 65.1 Å². The van der Waals surface area contributed by atoms with Gasteiger partial charge in [-0.1, -0.05) is 13.8 Å². The average molecular weight is 235 g/mol. The summed E-state index contributed by atoms with van der Waals surface area (Å²) in [6.07, 6.45) is 11.1. The average Bonchev–Trinajstić information content (AvgIpc) is 2.74. The fourth-order valence-electron chi connectivity index (χ4n) is 2.73. The Morgan fingerprint density at radius 3 is 2.71 bits per heavy atom. The number of aromatic nitrogens is 2. The molecule has 1 saturated carbocycles. The lowest BCUT2D eigenvalue weighted by molar-refractivity contribution is 0.197. The van der Waals surface area contributed by atoms with E-state index in [0.717, 1.165) is 6.54 Å². The summed E-state index contributed by atoms with van der Waals surface area (Å²) in [6.45, 7) is 8.05. The Morgan fingerprint density at radius 1 is 1.41 bits per heavy atom. The van der Waals surface area contributed by atoms with Crippen molar-refractivity contribution >= 4 is 0 Å². The van der Waals surface area contributed by atoms with E-state index in [-0.39, 0.29) is 0 Å². The molecule has 3 heteroatoms. The van der Waals surface area contributed by atoms with Gasteiger partial charge in [-0.15, -0.1) is 0 Å². The summed E-state index contributed by atoms with van der Waals surface area (Å²) in [7, 11) is 0. The van der Waals surface area contributed by atoms with Crippen LogP contribution in [-0.4, -0.2) is 21.6 Å². The van der Waals surface area contributed by atoms with Crippen LogP contribution in [0.25, 0.3) is 0 Å². The predicted octanol–water partition coefficient (Wildman–Crippen LogP) is 2.83. The van der Waals surface area contributed by atoms with Gasteiger partial charge >= 0.3 is 0 Å². The normalized spacial score (nSPS) is 22.5. The summed E-state index contributed by atoms with van der Waals surface area (Å²) in [5.41, 5.74) is 0.561. The third-order valence-corrected chi connectivity index (χ3v) is 3.90. The molecule has 1 N–H and O–H groups in total. The lowest BCUT2D eigenvalue weighted by atomic mass is 9.75. The van der Waals surface area contributed by atoms with Crippen molar-refractivity contribution in [2.75, 3.05) is 0 Å². The summed E-state index contributed by atoms with van der Waals surface area (Å²) in [5.74, 6) is 0. The van der Waals surface area contributed by atoms with Crippen LogP contribution in [0.1, 0.15) is 46.5 Å². The molecule has 1 aliphatic rings. The molecule has 1 aromatic heterocycles. The Bertz CT molecular complexity index is 319. The molecule has 3 nitrogen and oxygen atoms in total. The number of hydrogen-bond donors (Lipinski definition) is 1. The highest BCUT2D eigenvalue weighted by molar-refractivity contribution is 4.84. The van der Waals surface area contributed by atoms with E-state index in [4.69, 9.17) is 0 Å². The summed E-state index contributed by atoms with van der Waals surface area (Å²) in [6, 6.07) is 1.23. The molecule has 0 bridgehead atoms. The summed E-state index contributed by atoms with van der Waals surface area (Å²) >= 11 is 0. The molecule has 1 unspecified atom stereocenters. The highest BCUT2D eigenvalue weighted by Gasteiger charge is 2.27. The second kappa shape index (κ2) is 5.21. The molecule has 1 atom stereocenters. The van der Waals surface area contributed by atoms with Crippen LogP contribution < -0.4 is 5.32 Å². The van der Waals surface area contributed by atoms with Gasteiger partial charge in [-0.25, -0.2) is 4.98 Å². The van der Waals surface area contributed by atoms with Crippen molar-refractivity contribution in [3.05, 3.63) is 18.7 Å². The van der Waals surface area contributed by atoms with E-state index in [1.807, 2.05) is 18.7 Å². The molecular weight excluding hydrogens is 210 g/mol. The van der Waals surface area contributed by atoms with Crippen LogP contribution in [0.4, 0.5) is 0 Å². The zero-order chi connectivity index (χ0) is 12.3. The van der Waals surface area contributed by atoms with Crippen molar-refractivity contribution < 1.29 is 0 Å². The Kier molecular flexibility index (Phi) is 3.87. The van der Waals surface area contributed by atoms with E-state index < -0.39 is 0 Å². The van der Waals surface area contributed by atoms with Crippen LogP contribution in [0, 0.1) is 5.41 Å². The van der Waals surface area contributed by atoms with Crippen LogP contribution in [-0.2, 0) is 6.54 Å². The Labute approximate surface area is 105 Å². The van der Waals surface area contributed by atoms with Crippen LogP contribution in [0.15, 0.2) is 18.7 Å². The fraction of sp³-hybridized carbons (Fsp3) is 0.786. The quantitative estimate of drug-likeness (QED) is 0.869. The minimum absolute atomic E-state index is 0.524. The minimum Gasteiger partial charge on any atom is -0.336 e. The van der Waals surface area contributed by atoms with Crippen molar-refractivity contribution in [3.8, 4) is 0 Å². The van der Waals surface area contributed by atoms with Gasteiger partial charge in [-0.2, -0.15) is 0 Å². The van der Waals surface area contributed by atoms with Crippen molar-refractivity contribution in [3.63, 3.8) is 0 Å².